The summed E-state index contributed by atoms with van der Waals surface area (Å²) < 4.78 is 17.7. The molecule has 14 heteroatoms. The molecule has 1 aliphatic heterocycles. The third-order valence-electron chi connectivity index (χ3n) is 9.30. The molecular weight excluding hydrogens is 1210 g/mol. The fraction of sp³-hybridized carbons (Fsp3) is 0.0750. The molecule has 7 aromatic rings. The number of aryl methyl sites for hydroxylation is 1. The Labute approximate surface area is 377 Å². The standard InChI is InChI=1S/C40H24Br8N4O2/c1-16-4-6-17(7-5-16)22-33-25(41)27(43)35(49-33)23(18-8-12-20(53-2)13-9-18)37-29(45)31(47)39(51-37)40-32(48)30(46)38(52-40)24(19-10-14-21(54-3)15-11-19)36-28(44)26(42)34(22)50-36/h4-15,49-51H,1-3H3. The van der Waals surface area contributed by atoms with E-state index in [0.717, 1.165) is 125 Å². The second kappa shape index (κ2) is 15.3. The maximum atomic E-state index is 5.55. The highest BCUT2D eigenvalue weighted by molar-refractivity contribution is 9.18. The Kier molecular flexibility index (Phi) is 11.0. The smallest absolute Gasteiger partial charge is 0.118 e. The quantitative estimate of drug-likeness (QED) is 0.161. The first-order chi connectivity index (χ1) is 25.9. The predicted octanol–water partition coefficient (Wildman–Crippen LogP) is 16.0. The first-order valence-electron chi connectivity index (χ1n) is 16.1. The lowest BCUT2D eigenvalue weighted by atomic mass is 10.0. The Hall–Kier alpha value is -2.17. The van der Waals surface area contributed by atoms with Crippen LogP contribution in [-0.2, 0) is 0 Å². The molecule has 54 heavy (non-hydrogen) atoms. The van der Waals surface area contributed by atoms with Gasteiger partial charge in [0, 0.05) is 16.7 Å². The van der Waals surface area contributed by atoms with Crippen molar-refractivity contribution in [2.24, 2.45) is 0 Å². The van der Waals surface area contributed by atoms with Gasteiger partial charge in [-0.1, -0.05) is 54.1 Å². The molecule has 272 valence electrons. The van der Waals surface area contributed by atoms with Crippen LogP contribution < -0.4 is 9.47 Å². The summed E-state index contributed by atoms with van der Waals surface area (Å²) in [5, 5.41) is 0. The Morgan fingerprint density at radius 1 is 0.407 bits per heavy atom. The lowest BCUT2D eigenvalue weighted by Gasteiger charge is -2.08. The average Bonchev–Trinajstić information content (AvgIpc) is 3.84. The zero-order chi connectivity index (χ0) is 38.2. The largest absolute Gasteiger partial charge is 0.497 e. The highest BCUT2D eigenvalue weighted by Crippen LogP contribution is 2.51. The molecule has 0 radical (unpaired) electrons. The molecule has 1 aliphatic rings. The van der Waals surface area contributed by atoms with Crippen molar-refractivity contribution in [1.82, 2.24) is 19.9 Å². The molecule has 0 spiro atoms. The zero-order valence-corrected chi connectivity index (χ0v) is 40.9. The van der Waals surface area contributed by atoms with E-state index in [9.17, 15) is 0 Å². The molecule has 0 saturated carbocycles. The number of aromatic amines is 3. The van der Waals surface area contributed by atoms with Crippen LogP contribution in [0, 0.1) is 6.92 Å². The van der Waals surface area contributed by atoms with Gasteiger partial charge < -0.3 is 24.4 Å². The Morgan fingerprint density at radius 2 is 0.722 bits per heavy atom. The van der Waals surface area contributed by atoms with E-state index < -0.39 is 0 Å². The highest BCUT2D eigenvalue weighted by atomic mass is 79.9. The lowest BCUT2D eigenvalue weighted by Crippen LogP contribution is -1.89. The summed E-state index contributed by atoms with van der Waals surface area (Å²) >= 11 is 31.8. The number of nitrogens with zero attached hydrogens (tertiary/aromatic N) is 1. The SMILES string of the molecule is COc1ccc(-c2c3nc(c4[nH]c(c(Br)c4Br)c(-c4ccc(OC)cc4)c4[nH]c(c(Br)c4Br)c(-c4ccc(C)cc4)c4[nH]c2c(Br)c4Br)C(Br)=C3Br)cc1. The first kappa shape index (κ1) is 38.7. The third kappa shape index (κ3) is 6.44. The van der Waals surface area contributed by atoms with Crippen LogP contribution in [0.15, 0.2) is 99.6 Å². The molecule has 0 atom stereocenters. The number of rotatable bonds is 5. The van der Waals surface area contributed by atoms with Crippen molar-refractivity contribution >= 4 is 170 Å². The predicted molar refractivity (Wildman–Crippen MR) is 251 cm³/mol. The van der Waals surface area contributed by atoms with Gasteiger partial charge in [0.2, 0.25) is 0 Å². The molecule has 8 rings (SSSR count). The number of hydrogen-bond donors (Lipinski definition) is 3. The number of fused-ring (bicyclic) bond motifs is 9. The van der Waals surface area contributed by atoms with Crippen LogP contribution in [0.2, 0.25) is 0 Å². The Bertz CT molecular complexity index is 2820. The molecule has 0 aliphatic carbocycles. The van der Waals surface area contributed by atoms with Crippen LogP contribution in [0.5, 0.6) is 11.5 Å². The van der Waals surface area contributed by atoms with E-state index in [2.05, 4.69) is 186 Å². The van der Waals surface area contributed by atoms with Crippen molar-refractivity contribution in [3.8, 4) is 44.9 Å². The topological polar surface area (TPSA) is 78.7 Å². The minimum atomic E-state index is 0.715. The van der Waals surface area contributed by atoms with Crippen molar-refractivity contribution in [3.63, 3.8) is 0 Å². The van der Waals surface area contributed by atoms with Gasteiger partial charge in [0.15, 0.2) is 0 Å². The van der Waals surface area contributed by atoms with Crippen LogP contribution in [0.25, 0.3) is 75.4 Å². The number of aromatic nitrogens is 4. The van der Waals surface area contributed by atoms with Gasteiger partial charge in [-0.25, -0.2) is 4.98 Å². The molecule has 0 unspecified atom stereocenters. The van der Waals surface area contributed by atoms with Crippen LogP contribution in [0.3, 0.4) is 0 Å². The maximum Gasteiger partial charge on any atom is 0.118 e. The summed E-state index contributed by atoms with van der Waals surface area (Å²) in [6.45, 7) is 2.09. The van der Waals surface area contributed by atoms with E-state index in [0.29, 0.717) is 5.69 Å². The molecule has 0 amide bonds. The van der Waals surface area contributed by atoms with Crippen molar-refractivity contribution in [2.75, 3.05) is 14.2 Å². The number of H-pyrrole nitrogens is 3. The molecule has 0 saturated heterocycles. The molecule has 5 heterocycles. The van der Waals surface area contributed by atoms with Gasteiger partial charge in [-0.3, -0.25) is 0 Å². The van der Waals surface area contributed by atoms with Crippen LogP contribution >= 0.6 is 127 Å². The summed E-state index contributed by atoms with van der Waals surface area (Å²) in [5.74, 6) is 1.51. The first-order valence-corrected chi connectivity index (χ1v) is 22.5. The van der Waals surface area contributed by atoms with E-state index in [4.69, 9.17) is 14.5 Å². The minimum Gasteiger partial charge on any atom is -0.497 e. The molecule has 4 aromatic heterocycles. The summed E-state index contributed by atoms with van der Waals surface area (Å²) in [4.78, 5) is 16.8. The highest BCUT2D eigenvalue weighted by Gasteiger charge is 2.28. The van der Waals surface area contributed by atoms with Crippen molar-refractivity contribution in [1.29, 1.82) is 0 Å². The lowest BCUT2D eigenvalue weighted by molar-refractivity contribution is 0.415. The molecule has 0 fully saturated rings. The van der Waals surface area contributed by atoms with Gasteiger partial charge in [-0.2, -0.15) is 0 Å². The second-order valence-electron chi connectivity index (χ2n) is 12.4. The maximum absolute atomic E-state index is 5.55. The van der Waals surface area contributed by atoms with Crippen molar-refractivity contribution < 1.29 is 9.47 Å². The monoisotopic (exact) mass is 1220 g/mol. The summed E-state index contributed by atoms with van der Waals surface area (Å²) in [6, 6.07) is 24.6. The van der Waals surface area contributed by atoms with Gasteiger partial charge in [0.05, 0.1) is 88.8 Å². The molecular formula is C40H24Br8N4O2. The number of halogens is 8. The van der Waals surface area contributed by atoms with Crippen molar-refractivity contribution in [3.05, 3.63) is 117 Å². The Balaban J connectivity index is 1.69. The molecule has 8 bridgehead atoms. The van der Waals surface area contributed by atoms with Crippen LogP contribution in [0.4, 0.5) is 0 Å². The fourth-order valence-corrected chi connectivity index (χ4v) is 10.5. The number of benzene rings is 3. The number of hydrogen-bond acceptors (Lipinski definition) is 3. The summed E-state index contributed by atoms with van der Waals surface area (Å²) in [7, 11) is 3.33. The van der Waals surface area contributed by atoms with Crippen molar-refractivity contribution in [2.45, 2.75) is 6.92 Å². The number of methoxy groups -OCH3 is 2. The average molecular weight is 1230 g/mol. The van der Waals surface area contributed by atoms with Gasteiger partial charge in [-0.05, 0) is 175 Å². The third-order valence-corrected chi connectivity index (χ3v) is 17.7. The van der Waals surface area contributed by atoms with Crippen LogP contribution in [-0.4, -0.2) is 34.2 Å². The number of ether oxygens (including phenoxy) is 2. The van der Waals surface area contributed by atoms with E-state index in [1.807, 2.05) is 36.4 Å². The Morgan fingerprint density at radius 3 is 1.13 bits per heavy atom. The van der Waals surface area contributed by atoms with Gasteiger partial charge in [0.25, 0.3) is 0 Å². The van der Waals surface area contributed by atoms with Crippen LogP contribution in [0.1, 0.15) is 17.0 Å². The summed E-state index contributed by atoms with van der Waals surface area (Å²) in [6.07, 6.45) is 0. The van der Waals surface area contributed by atoms with Gasteiger partial charge >= 0.3 is 0 Å². The van der Waals surface area contributed by atoms with E-state index in [-0.39, 0.29) is 0 Å². The van der Waals surface area contributed by atoms with E-state index in [1.54, 1.807) is 14.2 Å². The van der Waals surface area contributed by atoms with E-state index >= 15 is 0 Å². The second-order valence-corrected chi connectivity index (χ2v) is 18.7. The van der Waals surface area contributed by atoms with Gasteiger partial charge in [-0.15, -0.1) is 0 Å². The molecule has 6 nitrogen and oxygen atoms in total. The number of nitrogens with one attached hydrogen (secondary N) is 3. The minimum absolute atomic E-state index is 0.715. The molecule has 3 aromatic carbocycles. The fourth-order valence-electron chi connectivity index (χ4n) is 6.60. The molecule has 3 N–H and O–H groups in total. The summed E-state index contributed by atoms with van der Waals surface area (Å²) in [5.41, 5.74) is 13.3. The van der Waals surface area contributed by atoms with E-state index in [1.165, 1.54) is 0 Å². The van der Waals surface area contributed by atoms with Gasteiger partial charge in [0.1, 0.15) is 17.2 Å². The normalized spacial score (nSPS) is 12.3. The zero-order valence-electron chi connectivity index (χ0n) is 28.2.